The summed E-state index contributed by atoms with van der Waals surface area (Å²) in [5, 5.41) is 8.15. The van der Waals surface area contributed by atoms with E-state index in [0.717, 1.165) is 17.3 Å². The zero-order valence-electron chi connectivity index (χ0n) is 15.8. The summed E-state index contributed by atoms with van der Waals surface area (Å²) < 4.78 is 21.8. The molecule has 1 amide bonds. The van der Waals surface area contributed by atoms with Crippen molar-refractivity contribution in [2.24, 2.45) is 11.3 Å². The maximum Gasteiger partial charge on any atom is 0.259 e. The molecule has 0 N–H and O–H groups in total. The zero-order valence-corrected chi connectivity index (χ0v) is 17.4. The number of aromatic nitrogens is 4. The van der Waals surface area contributed by atoms with Crippen LogP contribution in [0.15, 0.2) is 53.4 Å². The Kier molecular flexibility index (Phi) is 3.80. The van der Waals surface area contributed by atoms with E-state index in [2.05, 4.69) is 31.1 Å². The lowest BCUT2D eigenvalue weighted by Crippen LogP contribution is -2.59. The molecule has 9 heteroatoms. The first-order valence-electron chi connectivity index (χ1n) is 9.81. The Morgan fingerprint density at radius 2 is 2.03 bits per heavy atom. The average molecular weight is 470 g/mol. The maximum absolute atomic E-state index is 14.8. The minimum Gasteiger partial charge on any atom is -0.472 e. The molecule has 152 valence electrons. The number of halogens is 2. The number of likely N-dealkylation sites (tertiary alicyclic amines) is 1. The molecule has 1 aliphatic heterocycles. The van der Waals surface area contributed by atoms with Gasteiger partial charge in [-0.25, -0.2) is 9.37 Å². The third kappa shape index (κ3) is 2.54. The van der Waals surface area contributed by atoms with E-state index in [-0.39, 0.29) is 29.0 Å². The number of piperidine rings is 1. The van der Waals surface area contributed by atoms with E-state index in [4.69, 9.17) is 4.74 Å². The van der Waals surface area contributed by atoms with Crippen LogP contribution in [0.25, 0.3) is 5.69 Å². The summed E-state index contributed by atoms with van der Waals surface area (Å²) >= 11 is 3.37. The highest BCUT2D eigenvalue weighted by molar-refractivity contribution is 9.10. The first kappa shape index (κ1) is 18.0. The minimum absolute atomic E-state index is 0.00225. The van der Waals surface area contributed by atoms with Crippen LogP contribution in [-0.2, 0) is 0 Å². The summed E-state index contributed by atoms with van der Waals surface area (Å²) in [5.41, 5.74) is 0.453. The van der Waals surface area contributed by atoms with Crippen LogP contribution in [-0.4, -0.2) is 49.5 Å². The predicted molar refractivity (Wildman–Crippen MR) is 108 cm³/mol. The maximum atomic E-state index is 14.8. The molecular weight excluding hydrogens is 453 g/mol. The molecule has 0 radical (unpaired) electrons. The number of benzene rings is 1. The Hall–Kier alpha value is -2.81. The van der Waals surface area contributed by atoms with Crippen LogP contribution >= 0.6 is 15.9 Å². The highest BCUT2D eigenvalue weighted by Gasteiger charge is 2.76. The molecule has 30 heavy (non-hydrogen) atoms. The van der Waals surface area contributed by atoms with Gasteiger partial charge >= 0.3 is 0 Å². The van der Waals surface area contributed by atoms with Crippen molar-refractivity contribution >= 4 is 21.8 Å². The predicted octanol–water partition coefficient (Wildman–Crippen LogP) is 3.25. The van der Waals surface area contributed by atoms with E-state index in [1.807, 2.05) is 6.07 Å². The first-order valence-corrected chi connectivity index (χ1v) is 10.6. The van der Waals surface area contributed by atoms with Crippen molar-refractivity contribution in [3.8, 4) is 11.6 Å². The molecule has 4 atom stereocenters. The van der Waals surface area contributed by atoms with Gasteiger partial charge in [0.2, 0.25) is 5.88 Å². The van der Waals surface area contributed by atoms with Crippen molar-refractivity contribution < 1.29 is 13.9 Å². The van der Waals surface area contributed by atoms with Crippen LogP contribution in [0.5, 0.6) is 5.88 Å². The first-order chi connectivity index (χ1) is 14.6. The fourth-order valence-electron chi connectivity index (χ4n) is 5.21. The highest BCUT2D eigenvalue weighted by Crippen LogP contribution is 2.71. The summed E-state index contributed by atoms with van der Waals surface area (Å²) in [6.45, 7) is 0.622. The molecule has 3 aliphatic rings. The Morgan fingerprint density at radius 1 is 1.20 bits per heavy atom. The van der Waals surface area contributed by atoms with Crippen molar-refractivity contribution in [1.29, 1.82) is 0 Å². The van der Waals surface area contributed by atoms with Crippen LogP contribution < -0.4 is 4.74 Å². The SMILES string of the molecule is O=C(c1c(F)cccc1-n1nccn1)N1CC2CC23CC(Oc2ccc(Br)cn2)C13. The molecule has 1 spiro atoms. The van der Waals surface area contributed by atoms with Gasteiger partial charge in [0.15, 0.2) is 0 Å². The summed E-state index contributed by atoms with van der Waals surface area (Å²) in [4.78, 5) is 20.9. The van der Waals surface area contributed by atoms with Crippen LogP contribution in [0.2, 0.25) is 0 Å². The molecule has 4 unspecified atom stereocenters. The lowest BCUT2D eigenvalue weighted by atomic mass is 9.73. The topological polar surface area (TPSA) is 73.1 Å². The number of carbonyl (C=O) groups is 1. The summed E-state index contributed by atoms with van der Waals surface area (Å²) in [7, 11) is 0. The van der Waals surface area contributed by atoms with Gasteiger partial charge in [-0.1, -0.05) is 6.07 Å². The number of hydrogen-bond acceptors (Lipinski definition) is 5. The van der Waals surface area contributed by atoms with Gasteiger partial charge in [-0.2, -0.15) is 15.0 Å². The van der Waals surface area contributed by atoms with Crippen molar-refractivity contribution in [3.63, 3.8) is 0 Å². The molecule has 6 rings (SSSR count). The minimum atomic E-state index is -0.573. The van der Waals surface area contributed by atoms with E-state index in [9.17, 15) is 9.18 Å². The van der Waals surface area contributed by atoms with E-state index in [0.29, 0.717) is 24.0 Å². The monoisotopic (exact) mass is 469 g/mol. The van der Waals surface area contributed by atoms with Gasteiger partial charge < -0.3 is 9.64 Å². The Labute approximate surface area is 180 Å². The van der Waals surface area contributed by atoms with Crippen LogP contribution in [0.1, 0.15) is 23.2 Å². The van der Waals surface area contributed by atoms with Crippen molar-refractivity contribution in [3.05, 3.63) is 64.8 Å². The van der Waals surface area contributed by atoms with Crippen LogP contribution in [0.4, 0.5) is 4.39 Å². The normalized spacial score (nSPS) is 28.5. The second-order valence-electron chi connectivity index (χ2n) is 8.16. The van der Waals surface area contributed by atoms with E-state index in [1.54, 1.807) is 29.3 Å². The third-order valence-electron chi connectivity index (χ3n) is 6.63. The van der Waals surface area contributed by atoms with Gasteiger partial charge in [-0.3, -0.25) is 4.79 Å². The third-order valence-corrected chi connectivity index (χ3v) is 7.10. The second-order valence-corrected chi connectivity index (χ2v) is 9.08. The largest absolute Gasteiger partial charge is 0.472 e. The standard InChI is InChI=1S/C21H17BrFN5O2/c22-13-4-5-17(24-10-13)30-16-9-21-8-12(21)11-27(19(16)21)20(29)18-14(23)2-1-3-15(18)28-25-6-7-26-28/h1-7,10,12,16,19H,8-9,11H2. The smallest absolute Gasteiger partial charge is 0.259 e. The molecule has 3 heterocycles. The van der Waals surface area contributed by atoms with Gasteiger partial charge in [0.05, 0.1) is 18.4 Å². The zero-order chi connectivity index (χ0) is 20.5. The molecule has 0 bridgehead atoms. The lowest BCUT2D eigenvalue weighted by Gasteiger charge is -2.47. The number of nitrogens with zero attached hydrogens (tertiary/aromatic N) is 5. The number of hydrogen-bond donors (Lipinski definition) is 0. The summed E-state index contributed by atoms with van der Waals surface area (Å²) in [6.07, 6.45) is 6.53. The van der Waals surface area contributed by atoms with Gasteiger partial charge in [0, 0.05) is 28.7 Å². The molecule has 2 aliphatic carbocycles. The lowest BCUT2D eigenvalue weighted by molar-refractivity contribution is -0.0346. The molecule has 1 saturated heterocycles. The fourth-order valence-corrected chi connectivity index (χ4v) is 5.45. The van der Waals surface area contributed by atoms with Gasteiger partial charge in [0.1, 0.15) is 23.2 Å². The molecule has 3 fully saturated rings. The average Bonchev–Trinajstić information content (AvgIpc) is 3.10. The van der Waals surface area contributed by atoms with Crippen LogP contribution in [0.3, 0.4) is 0 Å². The van der Waals surface area contributed by atoms with Gasteiger partial charge in [-0.05, 0) is 52.9 Å². The molecule has 3 aromatic rings. The second kappa shape index (κ2) is 6.34. The van der Waals surface area contributed by atoms with Gasteiger partial charge in [0.25, 0.3) is 5.91 Å². The molecule has 2 saturated carbocycles. The Balaban J connectivity index is 1.31. The Bertz CT molecular complexity index is 1140. The van der Waals surface area contributed by atoms with E-state index >= 15 is 0 Å². The quantitative estimate of drug-likeness (QED) is 0.586. The van der Waals surface area contributed by atoms with E-state index in [1.165, 1.54) is 23.3 Å². The molecule has 1 aromatic carbocycles. The number of ether oxygens (including phenoxy) is 1. The number of pyridine rings is 1. The van der Waals surface area contributed by atoms with Crippen molar-refractivity contribution in [2.75, 3.05) is 6.54 Å². The number of rotatable bonds is 4. The molecule has 2 aromatic heterocycles. The Morgan fingerprint density at radius 3 is 2.80 bits per heavy atom. The number of amides is 1. The summed E-state index contributed by atoms with van der Waals surface area (Å²) in [6, 6.07) is 8.12. The summed E-state index contributed by atoms with van der Waals surface area (Å²) in [5.74, 6) is 0.0777. The van der Waals surface area contributed by atoms with Gasteiger partial charge in [-0.15, -0.1) is 0 Å². The fraction of sp³-hybridized carbons (Fsp3) is 0.333. The van der Waals surface area contributed by atoms with Crippen LogP contribution in [0, 0.1) is 17.2 Å². The van der Waals surface area contributed by atoms with E-state index < -0.39 is 5.82 Å². The number of carbonyl (C=O) groups excluding carboxylic acids is 1. The molecular formula is C21H17BrFN5O2. The highest BCUT2D eigenvalue weighted by atomic mass is 79.9. The van der Waals surface area contributed by atoms with Crippen molar-refractivity contribution in [2.45, 2.75) is 25.0 Å². The molecule has 7 nitrogen and oxygen atoms in total. The van der Waals surface area contributed by atoms with Crippen molar-refractivity contribution in [1.82, 2.24) is 24.9 Å².